The maximum Gasteiger partial charge on any atom is 0.267 e. The van der Waals surface area contributed by atoms with Gasteiger partial charge in [0.1, 0.15) is 5.75 Å². The molecule has 136 valence electrons. The second-order valence-electron chi connectivity index (χ2n) is 5.99. The van der Waals surface area contributed by atoms with Crippen LogP contribution in [0.15, 0.2) is 48.5 Å². The van der Waals surface area contributed by atoms with Crippen LogP contribution in [0, 0.1) is 0 Å². The summed E-state index contributed by atoms with van der Waals surface area (Å²) in [4.78, 5) is 24.1. The van der Waals surface area contributed by atoms with Crippen LogP contribution in [0.5, 0.6) is 5.75 Å². The number of Topliss-reactive ketones (excluding diaryl/α,β-unsaturated/α-hetero) is 1. The van der Waals surface area contributed by atoms with Gasteiger partial charge in [0.25, 0.3) is 5.91 Å². The molecular formula is C18H18N2O5S. The Hall–Kier alpha value is -2.87. The maximum absolute atomic E-state index is 12.6. The molecule has 2 aromatic carbocycles. The summed E-state index contributed by atoms with van der Waals surface area (Å²) >= 11 is 0. The molecule has 1 N–H and O–H groups in total. The standard InChI is InChI=1S/C18H18N2O5S/c1-12(21)13-6-5-7-14(10-13)19-18(22)17-11-20(26(2,23)24)15-8-3-4-9-16(15)25-17/h3-10,17H,11H2,1-2H3,(H,19,22). The van der Waals surface area contributed by atoms with Gasteiger partial charge in [0.15, 0.2) is 11.9 Å². The van der Waals surface area contributed by atoms with E-state index in [1.807, 2.05) is 0 Å². The van der Waals surface area contributed by atoms with Crippen LogP contribution in [0.1, 0.15) is 17.3 Å². The minimum atomic E-state index is -3.57. The second-order valence-corrected chi connectivity index (χ2v) is 7.90. The van der Waals surface area contributed by atoms with E-state index in [1.54, 1.807) is 48.5 Å². The summed E-state index contributed by atoms with van der Waals surface area (Å²) in [5, 5.41) is 2.67. The number of para-hydroxylation sites is 2. The molecule has 0 aromatic heterocycles. The molecule has 0 aliphatic carbocycles. The minimum Gasteiger partial charge on any atom is -0.476 e. The van der Waals surface area contributed by atoms with E-state index in [0.717, 1.165) is 10.6 Å². The summed E-state index contributed by atoms with van der Waals surface area (Å²) in [5.74, 6) is -0.289. The molecule has 8 heteroatoms. The van der Waals surface area contributed by atoms with Gasteiger partial charge in [0, 0.05) is 11.3 Å². The van der Waals surface area contributed by atoms with Crippen LogP contribution >= 0.6 is 0 Å². The number of anilines is 2. The van der Waals surface area contributed by atoms with E-state index in [-0.39, 0.29) is 12.3 Å². The second kappa shape index (κ2) is 6.80. The van der Waals surface area contributed by atoms with Gasteiger partial charge in [-0.3, -0.25) is 13.9 Å². The highest BCUT2D eigenvalue weighted by Crippen LogP contribution is 2.34. The van der Waals surface area contributed by atoms with Crippen molar-refractivity contribution in [2.75, 3.05) is 22.4 Å². The molecule has 1 aliphatic heterocycles. The monoisotopic (exact) mass is 374 g/mol. The molecule has 26 heavy (non-hydrogen) atoms. The number of nitrogens with one attached hydrogen (secondary N) is 1. The Morgan fingerprint density at radius 3 is 2.58 bits per heavy atom. The summed E-state index contributed by atoms with van der Waals surface area (Å²) < 4.78 is 31.0. The predicted molar refractivity (Wildman–Crippen MR) is 98.1 cm³/mol. The van der Waals surface area contributed by atoms with Gasteiger partial charge in [-0.2, -0.15) is 0 Å². The van der Waals surface area contributed by atoms with E-state index in [4.69, 9.17) is 4.74 Å². The van der Waals surface area contributed by atoms with Gasteiger partial charge in [-0.1, -0.05) is 24.3 Å². The highest BCUT2D eigenvalue weighted by atomic mass is 32.2. The Labute approximate surface area is 151 Å². The SMILES string of the molecule is CC(=O)c1cccc(NC(=O)C2CN(S(C)(=O)=O)c3ccccc3O2)c1. The average molecular weight is 374 g/mol. The number of ketones is 1. The molecule has 7 nitrogen and oxygen atoms in total. The first-order valence-corrected chi connectivity index (χ1v) is 9.76. The number of rotatable bonds is 4. The van der Waals surface area contributed by atoms with Crippen LogP contribution in [-0.4, -0.2) is 39.0 Å². The van der Waals surface area contributed by atoms with Crippen molar-refractivity contribution < 1.29 is 22.7 Å². The van der Waals surface area contributed by atoms with Gasteiger partial charge < -0.3 is 10.1 Å². The zero-order valence-electron chi connectivity index (χ0n) is 14.3. The molecule has 0 spiro atoms. The highest BCUT2D eigenvalue weighted by molar-refractivity contribution is 7.92. The fraction of sp³-hybridized carbons (Fsp3) is 0.222. The molecule has 0 saturated carbocycles. The molecule has 1 aliphatic rings. The summed E-state index contributed by atoms with van der Waals surface area (Å²) in [6.07, 6.45) is 0.0704. The Bertz CT molecular complexity index is 971. The van der Waals surface area contributed by atoms with E-state index in [9.17, 15) is 18.0 Å². The van der Waals surface area contributed by atoms with Crippen molar-refractivity contribution in [2.45, 2.75) is 13.0 Å². The normalized spacial score (nSPS) is 16.4. The lowest BCUT2D eigenvalue weighted by atomic mass is 10.1. The molecule has 1 atom stereocenters. The van der Waals surface area contributed by atoms with Crippen molar-refractivity contribution in [3.8, 4) is 5.75 Å². The summed E-state index contributed by atoms with van der Waals surface area (Å²) in [6, 6.07) is 13.2. The highest BCUT2D eigenvalue weighted by Gasteiger charge is 2.34. The van der Waals surface area contributed by atoms with Crippen LogP contribution in [0.25, 0.3) is 0 Å². The van der Waals surface area contributed by atoms with E-state index >= 15 is 0 Å². The molecule has 3 rings (SSSR count). The predicted octanol–water partition coefficient (Wildman–Crippen LogP) is 2.05. The Morgan fingerprint density at radius 1 is 1.15 bits per heavy atom. The number of nitrogens with zero attached hydrogens (tertiary/aromatic N) is 1. The summed E-state index contributed by atoms with van der Waals surface area (Å²) in [7, 11) is -3.57. The molecular weight excluding hydrogens is 356 g/mol. The lowest BCUT2D eigenvalue weighted by molar-refractivity contribution is -0.122. The lowest BCUT2D eigenvalue weighted by Gasteiger charge is -2.33. The molecule has 0 saturated heterocycles. The van der Waals surface area contributed by atoms with Crippen molar-refractivity contribution >= 4 is 33.1 Å². The third-order valence-electron chi connectivity index (χ3n) is 3.96. The molecule has 0 bridgehead atoms. The van der Waals surface area contributed by atoms with Crippen molar-refractivity contribution in [1.82, 2.24) is 0 Å². The smallest absolute Gasteiger partial charge is 0.267 e. The van der Waals surface area contributed by atoms with Crippen LogP contribution in [0.2, 0.25) is 0 Å². The first-order chi connectivity index (χ1) is 12.3. The number of benzene rings is 2. The van der Waals surface area contributed by atoms with Gasteiger partial charge in [-0.25, -0.2) is 8.42 Å². The van der Waals surface area contributed by atoms with Gasteiger partial charge in [0.05, 0.1) is 18.5 Å². The zero-order valence-corrected chi connectivity index (χ0v) is 15.1. The van der Waals surface area contributed by atoms with Crippen LogP contribution in [0.3, 0.4) is 0 Å². The Morgan fingerprint density at radius 2 is 1.88 bits per heavy atom. The number of hydrogen-bond donors (Lipinski definition) is 1. The van der Waals surface area contributed by atoms with Crippen molar-refractivity contribution in [1.29, 1.82) is 0 Å². The zero-order chi connectivity index (χ0) is 18.9. The Kier molecular flexibility index (Phi) is 4.69. The number of amides is 1. The van der Waals surface area contributed by atoms with Gasteiger partial charge >= 0.3 is 0 Å². The molecule has 0 radical (unpaired) electrons. The van der Waals surface area contributed by atoms with Crippen LogP contribution in [-0.2, 0) is 14.8 Å². The van der Waals surface area contributed by atoms with Crippen molar-refractivity contribution in [2.24, 2.45) is 0 Å². The third-order valence-corrected chi connectivity index (χ3v) is 5.11. The molecule has 1 heterocycles. The molecule has 0 fully saturated rings. The quantitative estimate of drug-likeness (QED) is 0.827. The van der Waals surface area contributed by atoms with Crippen LogP contribution in [0.4, 0.5) is 11.4 Å². The fourth-order valence-corrected chi connectivity index (χ4v) is 3.61. The van der Waals surface area contributed by atoms with Crippen molar-refractivity contribution in [3.63, 3.8) is 0 Å². The lowest BCUT2D eigenvalue weighted by Crippen LogP contribution is -2.48. The number of carbonyl (C=O) groups excluding carboxylic acids is 2. The maximum atomic E-state index is 12.6. The Balaban J connectivity index is 1.85. The average Bonchev–Trinajstić information content (AvgIpc) is 2.60. The van der Waals surface area contributed by atoms with Crippen molar-refractivity contribution in [3.05, 3.63) is 54.1 Å². The van der Waals surface area contributed by atoms with E-state index in [1.165, 1.54) is 6.92 Å². The number of hydrogen-bond acceptors (Lipinski definition) is 5. The number of sulfonamides is 1. The topological polar surface area (TPSA) is 92.8 Å². The summed E-state index contributed by atoms with van der Waals surface area (Å²) in [6.45, 7) is 1.31. The summed E-state index contributed by atoms with van der Waals surface area (Å²) in [5.41, 5.74) is 1.31. The fourth-order valence-electron chi connectivity index (χ4n) is 2.69. The van der Waals surface area contributed by atoms with Gasteiger partial charge in [-0.05, 0) is 31.2 Å². The molecule has 2 aromatic rings. The first kappa shape index (κ1) is 17.9. The minimum absolute atomic E-state index is 0.118. The van der Waals surface area contributed by atoms with E-state index in [2.05, 4.69) is 5.32 Å². The van der Waals surface area contributed by atoms with Gasteiger partial charge in [-0.15, -0.1) is 0 Å². The van der Waals surface area contributed by atoms with E-state index in [0.29, 0.717) is 22.7 Å². The first-order valence-electron chi connectivity index (χ1n) is 7.91. The number of ether oxygens (including phenoxy) is 1. The van der Waals surface area contributed by atoms with Crippen LogP contribution < -0.4 is 14.4 Å². The van der Waals surface area contributed by atoms with E-state index < -0.39 is 22.0 Å². The molecule has 1 amide bonds. The number of fused-ring (bicyclic) bond motifs is 1. The van der Waals surface area contributed by atoms with Gasteiger partial charge in [0.2, 0.25) is 10.0 Å². The molecule has 1 unspecified atom stereocenters. The third kappa shape index (κ3) is 3.70. The number of carbonyl (C=O) groups is 2. The largest absolute Gasteiger partial charge is 0.476 e.